The molecule has 2 heterocycles. The number of nitrogens with zero attached hydrogens (tertiary/aromatic N) is 4. The Morgan fingerprint density at radius 1 is 1.57 bits per heavy atom. The number of aromatic nitrogens is 3. The van der Waals surface area contributed by atoms with Crippen LogP contribution in [0.5, 0.6) is 0 Å². The van der Waals surface area contributed by atoms with E-state index in [4.69, 9.17) is 11.7 Å². The summed E-state index contributed by atoms with van der Waals surface area (Å²) < 4.78 is 4.50. The van der Waals surface area contributed by atoms with Crippen LogP contribution in [-0.4, -0.2) is 38.1 Å². The zero-order chi connectivity index (χ0) is 10.2. The third kappa shape index (κ3) is 1.91. The fourth-order valence-corrected chi connectivity index (χ4v) is 3.86. The second-order valence-electron chi connectivity index (χ2n) is 3.23. The van der Waals surface area contributed by atoms with E-state index in [0.717, 1.165) is 25.5 Å². The molecule has 80 valence electrons. The fraction of sp³-hybridized carbons (Fsp3) is 0.714. The standard InChI is InChI=1S/C7H14N4S3/c1-13-14(2,12)11-4-3-10-6-8-9-7(10)5-11/h6,12H,3-5H2,1-2H3. The van der Waals surface area contributed by atoms with Gasteiger partial charge in [-0.05, 0) is 12.5 Å². The quantitative estimate of drug-likeness (QED) is 0.638. The van der Waals surface area contributed by atoms with Crippen LogP contribution in [0.3, 0.4) is 0 Å². The Labute approximate surface area is 94.1 Å². The van der Waals surface area contributed by atoms with Crippen molar-refractivity contribution in [1.29, 1.82) is 0 Å². The molecule has 1 aliphatic rings. The van der Waals surface area contributed by atoms with E-state index in [0.29, 0.717) is 0 Å². The molecule has 1 aromatic rings. The zero-order valence-corrected chi connectivity index (χ0v) is 10.8. The molecule has 7 heteroatoms. The molecule has 1 aliphatic heterocycles. The Hall–Kier alpha value is 0.150. The van der Waals surface area contributed by atoms with Gasteiger partial charge in [-0.3, -0.25) is 0 Å². The highest BCUT2D eigenvalue weighted by Gasteiger charge is 2.26. The average Bonchev–Trinajstić information content (AvgIpc) is 2.64. The minimum absolute atomic E-state index is 0.871. The molecule has 0 saturated heterocycles. The van der Waals surface area contributed by atoms with Crippen molar-refractivity contribution in [3.05, 3.63) is 12.2 Å². The smallest absolute Gasteiger partial charge is 0.148 e. The topological polar surface area (TPSA) is 34.0 Å². The lowest BCUT2D eigenvalue weighted by Crippen LogP contribution is -2.32. The largest absolute Gasteiger partial charge is 0.315 e. The van der Waals surface area contributed by atoms with Gasteiger partial charge in [0, 0.05) is 13.1 Å². The van der Waals surface area contributed by atoms with E-state index >= 15 is 0 Å². The van der Waals surface area contributed by atoms with Gasteiger partial charge in [0.25, 0.3) is 0 Å². The lowest BCUT2D eigenvalue weighted by molar-refractivity contribution is 0.367. The van der Waals surface area contributed by atoms with Gasteiger partial charge < -0.3 is 4.57 Å². The van der Waals surface area contributed by atoms with Gasteiger partial charge in [-0.2, -0.15) is 0 Å². The van der Waals surface area contributed by atoms with E-state index in [-0.39, 0.29) is 0 Å². The Morgan fingerprint density at radius 3 is 3.07 bits per heavy atom. The van der Waals surface area contributed by atoms with E-state index < -0.39 is 8.28 Å². The van der Waals surface area contributed by atoms with Gasteiger partial charge in [0.05, 0.1) is 6.54 Å². The van der Waals surface area contributed by atoms with E-state index in [1.165, 1.54) is 0 Å². The summed E-state index contributed by atoms with van der Waals surface area (Å²) in [5, 5.41) is 8.01. The minimum atomic E-state index is -0.979. The molecule has 0 fully saturated rings. The van der Waals surface area contributed by atoms with Crippen molar-refractivity contribution in [2.45, 2.75) is 13.1 Å². The maximum atomic E-state index is 4.72. The number of hydrogen-bond acceptors (Lipinski definition) is 5. The maximum absolute atomic E-state index is 4.72. The number of thiol groups is 1. The molecule has 0 amide bonds. The lowest BCUT2D eigenvalue weighted by Gasteiger charge is -2.41. The van der Waals surface area contributed by atoms with Crippen LogP contribution < -0.4 is 0 Å². The van der Waals surface area contributed by atoms with Gasteiger partial charge in [-0.15, -0.1) is 21.9 Å². The fourth-order valence-electron chi connectivity index (χ4n) is 1.44. The van der Waals surface area contributed by atoms with E-state index in [2.05, 4.69) is 31.6 Å². The van der Waals surface area contributed by atoms with Crippen LogP contribution >= 0.6 is 30.7 Å². The first-order chi connectivity index (χ1) is 6.63. The number of fused-ring (bicyclic) bond motifs is 1. The van der Waals surface area contributed by atoms with E-state index in [1.54, 1.807) is 6.33 Å². The highest BCUT2D eigenvalue weighted by Crippen LogP contribution is 2.63. The molecule has 0 bridgehead atoms. The second kappa shape index (κ2) is 3.96. The van der Waals surface area contributed by atoms with Gasteiger partial charge in [0.15, 0.2) is 0 Å². The molecule has 0 radical (unpaired) electrons. The van der Waals surface area contributed by atoms with Crippen LogP contribution in [0.4, 0.5) is 0 Å². The van der Waals surface area contributed by atoms with Gasteiger partial charge >= 0.3 is 0 Å². The first kappa shape index (κ1) is 10.7. The Morgan fingerprint density at radius 2 is 2.36 bits per heavy atom. The normalized spacial score (nSPS) is 23.9. The summed E-state index contributed by atoms with van der Waals surface area (Å²) in [4.78, 5) is 0. The Bertz CT molecular complexity index is 324. The van der Waals surface area contributed by atoms with Gasteiger partial charge in [-0.25, -0.2) is 4.31 Å². The third-order valence-electron chi connectivity index (χ3n) is 2.40. The van der Waals surface area contributed by atoms with Crippen LogP contribution in [0.15, 0.2) is 6.33 Å². The van der Waals surface area contributed by atoms with E-state index in [9.17, 15) is 0 Å². The monoisotopic (exact) mass is 250 g/mol. The minimum Gasteiger partial charge on any atom is -0.315 e. The molecule has 0 spiro atoms. The van der Waals surface area contributed by atoms with E-state index in [1.807, 2.05) is 10.8 Å². The highest BCUT2D eigenvalue weighted by molar-refractivity contribution is 9.20. The van der Waals surface area contributed by atoms with Gasteiger partial charge in [0.2, 0.25) is 0 Å². The molecule has 2 rings (SSSR count). The van der Waals surface area contributed by atoms with Crippen LogP contribution in [0.25, 0.3) is 0 Å². The molecular weight excluding hydrogens is 236 g/mol. The van der Waals surface area contributed by atoms with Crippen molar-refractivity contribution in [3.8, 4) is 0 Å². The Balaban J connectivity index is 2.15. The predicted octanol–water partition coefficient (Wildman–Crippen LogP) is 1.57. The first-order valence-corrected chi connectivity index (χ1v) is 9.11. The summed E-state index contributed by atoms with van der Waals surface area (Å²) in [5.74, 6) is 1.05. The predicted molar refractivity (Wildman–Crippen MR) is 66.4 cm³/mol. The summed E-state index contributed by atoms with van der Waals surface area (Å²) in [5.41, 5.74) is 0. The summed E-state index contributed by atoms with van der Waals surface area (Å²) in [6.07, 6.45) is 6.12. The molecule has 0 aromatic carbocycles. The molecule has 1 atom stereocenters. The van der Waals surface area contributed by atoms with Gasteiger partial charge in [0.1, 0.15) is 12.2 Å². The van der Waals surface area contributed by atoms with Crippen molar-refractivity contribution in [2.75, 3.05) is 19.1 Å². The van der Waals surface area contributed by atoms with Gasteiger partial charge in [-0.1, -0.05) is 19.1 Å². The van der Waals surface area contributed by atoms with Crippen LogP contribution in [0, 0.1) is 0 Å². The lowest BCUT2D eigenvalue weighted by atomic mass is 10.4. The molecule has 4 nitrogen and oxygen atoms in total. The van der Waals surface area contributed by atoms with Crippen molar-refractivity contribution in [3.63, 3.8) is 0 Å². The second-order valence-corrected chi connectivity index (χ2v) is 11.4. The van der Waals surface area contributed by atoms with Crippen molar-refractivity contribution in [2.24, 2.45) is 0 Å². The Kier molecular flexibility index (Phi) is 3.01. The molecule has 0 N–H and O–H groups in total. The molecule has 1 unspecified atom stereocenters. The number of hydrogen-bond donors (Lipinski definition) is 1. The summed E-state index contributed by atoms with van der Waals surface area (Å²) in [7, 11) is 0.848. The van der Waals surface area contributed by atoms with Crippen LogP contribution in [0.2, 0.25) is 0 Å². The van der Waals surface area contributed by atoms with Crippen LogP contribution in [0.1, 0.15) is 5.82 Å². The van der Waals surface area contributed by atoms with Crippen molar-refractivity contribution in [1.82, 2.24) is 19.1 Å². The molecular formula is C7H14N4S3. The van der Waals surface area contributed by atoms with Crippen LogP contribution in [-0.2, 0) is 13.1 Å². The molecule has 0 aliphatic carbocycles. The number of rotatable bonds is 2. The zero-order valence-electron chi connectivity index (χ0n) is 8.25. The average molecular weight is 250 g/mol. The summed E-state index contributed by atoms with van der Waals surface area (Å²) >= 11 is 4.72. The summed E-state index contributed by atoms with van der Waals surface area (Å²) in [6, 6.07) is 0. The third-order valence-corrected chi connectivity index (χ3v) is 8.86. The summed E-state index contributed by atoms with van der Waals surface area (Å²) in [6.45, 7) is 2.89. The van der Waals surface area contributed by atoms with Crippen molar-refractivity contribution >= 4 is 30.7 Å². The molecule has 1 aromatic heterocycles. The highest BCUT2D eigenvalue weighted by atomic mass is 33.5. The SMILES string of the molecule is CSS(C)(S)N1CCn2cnnc2C1. The maximum Gasteiger partial charge on any atom is 0.148 e. The first-order valence-electron chi connectivity index (χ1n) is 4.31. The molecule has 0 saturated carbocycles. The molecule has 14 heavy (non-hydrogen) atoms. The van der Waals surface area contributed by atoms with Crippen molar-refractivity contribution < 1.29 is 0 Å².